The Morgan fingerprint density at radius 2 is 1.70 bits per heavy atom. The Balaban J connectivity index is 4.02. The summed E-state index contributed by atoms with van der Waals surface area (Å²) in [5.41, 5.74) is 0. The fourth-order valence-electron chi connectivity index (χ4n) is 0.237. The molecule has 0 N–H and O–H groups in total. The summed E-state index contributed by atoms with van der Waals surface area (Å²) in [4.78, 5) is 0. The van der Waals surface area contributed by atoms with Crippen molar-refractivity contribution in [3.63, 3.8) is 0 Å². The molecule has 10 heteroatoms. The van der Waals surface area contributed by atoms with Gasteiger partial charge in [0.15, 0.2) is 0 Å². The highest BCUT2D eigenvalue weighted by molar-refractivity contribution is 9.08. The first-order valence-corrected chi connectivity index (χ1v) is 19.3. The van der Waals surface area contributed by atoms with Crippen molar-refractivity contribution >= 4 is 81.5 Å². The van der Waals surface area contributed by atoms with Gasteiger partial charge in [-0.25, -0.2) is 0 Å². The zero-order valence-electron chi connectivity index (χ0n) is 6.18. The van der Waals surface area contributed by atoms with E-state index in [1.165, 1.54) is 0 Å². The monoisotopic (exact) mass is 323 g/mol. The van der Waals surface area contributed by atoms with Crippen molar-refractivity contribution in [1.29, 1.82) is 1.28 Å². The molecule has 0 aliphatic carbocycles. The minimum absolute atomic E-state index is 0.0153. The highest BCUT2D eigenvalue weighted by atomic mass is 33.1. The Morgan fingerprint density at radius 1 is 1.20 bits per heavy atom. The van der Waals surface area contributed by atoms with Crippen LogP contribution in [0.4, 0.5) is 0 Å². The summed E-state index contributed by atoms with van der Waals surface area (Å²) < 4.78 is 7.98. The summed E-state index contributed by atoms with van der Waals surface area (Å²) in [6.07, 6.45) is 0. The first kappa shape index (κ1) is 12.4. The molecule has 0 rings (SSSR count). The SMILES string of the molecule is [2H]P(P(P)P)P(PP)P(P)P. The molecule has 0 aromatic heterocycles. The molecule has 0 saturated carbocycles. The Bertz CT molecular complexity index is 97.0. The van der Waals surface area contributed by atoms with Crippen LogP contribution < -0.4 is 0 Å². The first-order chi connectivity index (χ1) is 5.00. The van der Waals surface area contributed by atoms with E-state index < -0.39 is 7.90 Å². The Morgan fingerprint density at radius 3 is 1.80 bits per heavy atom. The zero-order chi connectivity index (χ0) is 9.02. The van der Waals surface area contributed by atoms with Crippen molar-refractivity contribution in [2.45, 2.75) is 0 Å². The lowest BCUT2D eigenvalue weighted by Crippen LogP contribution is -1.29. The lowest BCUT2D eigenvalue weighted by molar-refractivity contribution is 4.77. The topological polar surface area (TPSA) is 0 Å². The van der Waals surface area contributed by atoms with Gasteiger partial charge in [-0.1, -0.05) is 15.9 Å². The third-order valence-electron chi connectivity index (χ3n) is 0.522. The average Bonchev–Trinajstić information content (AvgIpc) is 1.88. The van der Waals surface area contributed by atoms with E-state index >= 15 is 0 Å². The van der Waals surface area contributed by atoms with Gasteiger partial charge in [-0.15, -0.1) is 44.6 Å². The standard InChI is InChI=1S/H12P10/c1-6-10(9(4)5)7-8(2)3/h6-7H,1-5H2/i7D. The van der Waals surface area contributed by atoms with Crippen molar-refractivity contribution in [2.24, 2.45) is 0 Å². The molecule has 0 amide bonds. The van der Waals surface area contributed by atoms with Crippen LogP contribution in [0.25, 0.3) is 0 Å². The lowest BCUT2D eigenvalue weighted by atomic mass is 28.8. The van der Waals surface area contributed by atoms with Gasteiger partial charge in [0.2, 0.25) is 0 Å². The summed E-state index contributed by atoms with van der Waals surface area (Å²) in [5.74, 6) is 0. The second-order valence-corrected chi connectivity index (χ2v) is 34.2. The maximum atomic E-state index is 7.98. The van der Waals surface area contributed by atoms with Crippen molar-refractivity contribution in [1.82, 2.24) is 0 Å². The van der Waals surface area contributed by atoms with Crippen LogP contribution in [0.1, 0.15) is 0 Å². The molecule has 10 heavy (non-hydrogen) atoms. The molecule has 0 aliphatic heterocycles. The lowest BCUT2D eigenvalue weighted by Gasteiger charge is -2.20. The van der Waals surface area contributed by atoms with E-state index in [9.17, 15) is 0 Å². The minimum atomic E-state index is -0.458. The molecule has 0 heterocycles. The molecule has 8 atom stereocenters. The molecule has 0 aromatic carbocycles. The van der Waals surface area contributed by atoms with Gasteiger partial charge >= 0.3 is 0 Å². The van der Waals surface area contributed by atoms with Gasteiger partial charge in [0.05, 0.1) is 1.28 Å². The second kappa shape index (κ2) is 8.60. The largest absolute Gasteiger partial charge is 0.109 e. The summed E-state index contributed by atoms with van der Waals surface area (Å²) in [7, 11) is 14.6. The van der Waals surface area contributed by atoms with Crippen LogP contribution in [-0.2, 0) is 0 Å². The summed E-state index contributed by atoms with van der Waals surface area (Å²) in [6, 6.07) is 0. The summed E-state index contributed by atoms with van der Waals surface area (Å²) in [5, 5.41) is 0. The van der Waals surface area contributed by atoms with Crippen molar-refractivity contribution in [3.8, 4) is 0 Å². The molecule has 8 unspecified atom stereocenters. The van der Waals surface area contributed by atoms with Gasteiger partial charge in [-0.2, -0.15) is 0 Å². The van der Waals surface area contributed by atoms with Crippen LogP contribution in [0.15, 0.2) is 0 Å². The predicted molar refractivity (Wildman–Crippen MR) is 85.9 cm³/mol. The van der Waals surface area contributed by atoms with Gasteiger partial charge in [0.1, 0.15) is 0 Å². The summed E-state index contributed by atoms with van der Waals surface area (Å²) in [6.45, 7) is -0.196. The molecule has 0 aromatic rings. The maximum absolute atomic E-state index is 7.98. The molecule has 0 nitrogen and oxygen atoms in total. The molecular weight excluding hydrogens is 310 g/mol. The highest BCUT2D eigenvalue weighted by Crippen LogP contribution is 3.02. The van der Waals surface area contributed by atoms with Crippen molar-refractivity contribution in [2.75, 3.05) is 0 Å². The maximum Gasteiger partial charge on any atom is 0.0689 e. The first-order valence-electron chi connectivity index (χ1n) is 2.59. The van der Waals surface area contributed by atoms with Crippen LogP contribution in [0.5, 0.6) is 0 Å². The highest BCUT2D eigenvalue weighted by Gasteiger charge is 2.11. The van der Waals surface area contributed by atoms with E-state index in [0.717, 1.165) is 7.96 Å². The second-order valence-electron chi connectivity index (χ2n) is 1.27. The Hall–Kier alpha value is 4.30. The molecule has 0 saturated heterocycles. The normalized spacial score (nSPS) is 20.5. The van der Waals surface area contributed by atoms with E-state index in [2.05, 4.69) is 44.6 Å². The molecule has 62 valence electrons. The van der Waals surface area contributed by atoms with E-state index in [1.54, 1.807) is 0 Å². The van der Waals surface area contributed by atoms with Gasteiger partial charge in [0.25, 0.3) is 0 Å². The fraction of sp³-hybridized carbons (Fsp3) is 0. The van der Waals surface area contributed by atoms with Gasteiger partial charge in [-0.05, 0) is 21.0 Å². The quantitative estimate of drug-likeness (QED) is 0.608. The minimum Gasteiger partial charge on any atom is -0.109 e. The Kier molecular flexibility index (Phi) is 10.6. The average molecular weight is 323 g/mol. The number of hydrogen-bond donors (Lipinski definition) is 0. The number of rotatable bonds is 4. The molecule has 0 spiro atoms. The fourth-order valence-corrected chi connectivity index (χ4v) is 57.5. The molecule has 0 fully saturated rings. The van der Waals surface area contributed by atoms with E-state index in [-0.39, 0.29) is 21.0 Å². The van der Waals surface area contributed by atoms with Crippen LogP contribution in [0, 0.1) is 0 Å². The molecule has 0 aliphatic rings. The Labute approximate surface area is 82.7 Å². The van der Waals surface area contributed by atoms with E-state index in [0.29, 0.717) is 0 Å². The van der Waals surface area contributed by atoms with Gasteiger partial charge < -0.3 is 0 Å². The van der Waals surface area contributed by atoms with Crippen LogP contribution in [0.3, 0.4) is 0 Å². The third kappa shape index (κ3) is 7.68. The van der Waals surface area contributed by atoms with Crippen molar-refractivity contribution in [3.05, 3.63) is 0 Å². The number of hydrogen-bond acceptors (Lipinski definition) is 0. The van der Waals surface area contributed by atoms with E-state index in [4.69, 9.17) is 1.28 Å². The summed E-state index contributed by atoms with van der Waals surface area (Å²) >= 11 is 0. The van der Waals surface area contributed by atoms with Crippen LogP contribution in [-0.4, -0.2) is 1.28 Å². The van der Waals surface area contributed by atoms with E-state index in [1.807, 2.05) is 0 Å². The molecule has 0 radical (unpaired) electrons. The smallest absolute Gasteiger partial charge is 0.0689 e. The van der Waals surface area contributed by atoms with Gasteiger partial charge in [0, 0.05) is 0 Å². The van der Waals surface area contributed by atoms with Crippen molar-refractivity contribution < 1.29 is 0 Å². The third-order valence-corrected chi connectivity index (χ3v) is 42.3. The van der Waals surface area contributed by atoms with Gasteiger partial charge in [-0.3, -0.25) is 0 Å². The zero-order valence-corrected chi connectivity index (χ0v) is 15.5. The predicted octanol–water partition coefficient (Wildman–Crippen LogP) is 5.40. The van der Waals surface area contributed by atoms with Crippen LogP contribution >= 0.6 is 81.5 Å². The van der Waals surface area contributed by atoms with Crippen LogP contribution in [0.2, 0.25) is 0 Å². The molecular formula is H12P10. The molecule has 0 bridgehead atoms.